The molecule has 0 spiro atoms. The molecule has 2 aromatic carbocycles. The van der Waals surface area contributed by atoms with Gasteiger partial charge in [-0.2, -0.15) is 0 Å². The first kappa shape index (κ1) is 19.8. The Balaban J connectivity index is 1.57. The number of ether oxygens (including phenoxy) is 2. The first-order valence-corrected chi connectivity index (χ1v) is 9.71. The van der Waals surface area contributed by atoms with E-state index in [4.69, 9.17) is 9.47 Å². The predicted octanol–water partition coefficient (Wildman–Crippen LogP) is 4.83. The smallest absolute Gasteiger partial charge is 0.248 e. The lowest BCUT2D eigenvalue weighted by Crippen LogP contribution is -2.08. The molecule has 28 heavy (non-hydrogen) atoms. The van der Waals surface area contributed by atoms with Crippen molar-refractivity contribution in [3.05, 3.63) is 81.8 Å². The summed E-state index contributed by atoms with van der Waals surface area (Å²) in [6.45, 7) is 2.90. The predicted molar refractivity (Wildman–Crippen MR) is 112 cm³/mol. The lowest BCUT2D eigenvalue weighted by atomic mass is 10.2. The molecular weight excluding hydrogens is 372 g/mol. The molecule has 0 aliphatic carbocycles. The summed E-state index contributed by atoms with van der Waals surface area (Å²) in [4.78, 5) is 16.6. The van der Waals surface area contributed by atoms with Crippen LogP contribution in [0.5, 0.6) is 5.75 Å². The molecular formula is C22H22N2O3S. The third-order valence-corrected chi connectivity index (χ3v) is 4.67. The number of hydrogen-bond acceptors (Lipinski definition) is 5. The van der Waals surface area contributed by atoms with Crippen LogP contribution in [0.3, 0.4) is 0 Å². The van der Waals surface area contributed by atoms with E-state index in [1.54, 1.807) is 24.5 Å². The van der Waals surface area contributed by atoms with Crippen LogP contribution in [-0.4, -0.2) is 18.0 Å². The van der Waals surface area contributed by atoms with Crippen molar-refractivity contribution in [3.63, 3.8) is 0 Å². The van der Waals surface area contributed by atoms with Gasteiger partial charge < -0.3 is 14.8 Å². The number of anilines is 1. The number of nitrogens with zero attached hydrogens (tertiary/aromatic N) is 1. The maximum Gasteiger partial charge on any atom is 0.248 e. The number of methoxy groups -OCH3 is 1. The zero-order chi connectivity index (χ0) is 19.8. The lowest BCUT2D eigenvalue weighted by Gasteiger charge is -2.06. The van der Waals surface area contributed by atoms with Gasteiger partial charge in [-0.15, -0.1) is 11.3 Å². The SMILES string of the molecule is COCc1cccc(NC(=O)/C=C/c2cccc(OCc3csc(C)n3)c2)c1. The Morgan fingerprint density at radius 1 is 1.18 bits per heavy atom. The number of aromatic nitrogens is 1. The summed E-state index contributed by atoms with van der Waals surface area (Å²) in [6.07, 6.45) is 3.26. The van der Waals surface area contributed by atoms with Gasteiger partial charge >= 0.3 is 0 Å². The van der Waals surface area contributed by atoms with E-state index < -0.39 is 0 Å². The van der Waals surface area contributed by atoms with Crippen LogP contribution in [0.1, 0.15) is 21.8 Å². The largest absolute Gasteiger partial charge is 0.487 e. The maximum atomic E-state index is 12.2. The number of nitrogens with one attached hydrogen (secondary N) is 1. The molecule has 0 fully saturated rings. The van der Waals surface area contributed by atoms with Gasteiger partial charge in [-0.05, 0) is 48.4 Å². The first-order valence-electron chi connectivity index (χ1n) is 8.83. The zero-order valence-corrected chi connectivity index (χ0v) is 16.7. The Labute approximate surface area is 168 Å². The lowest BCUT2D eigenvalue weighted by molar-refractivity contribution is -0.111. The van der Waals surface area contributed by atoms with E-state index in [-0.39, 0.29) is 5.91 Å². The molecule has 3 rings (SSSR count). The van der Waals surface area contributed by atoms with Crippen LogP contribution < -0.4 is 10.1 Å². The van der Waals surface area contributed by atoms with Gasteiger partial charge in [-0.25, -0.2) is 4.98 Å². The van der Waals surface area contributed by atoms with Gasteiger partial charge in [0.05, 0.1) is 17.3 Å². The summed E-state index contributed by atoms with van der Waals surface area (Å²) in [5, 5.41) is 5.87. The molecule has 0 unspecified atom stereocenters. The van der Waals surface area contributed by atoms with Crippen molar-refractivity contribution in [3.8, 4) is 5.75 Å². The maximum absolute atomic E-state index is 12.2. The molecule has 1 aromatic heterocycles. The highest BCUT2D eigenvalue weighted by molar-refractivity contribution is 7.09. The second kappa shape index (κ2) is 9.82. The molecule has 0 atom stereocenters. The fourth-order valence-electron chi connectivity index (χ4n) is 2.60. The van der Waals surface area contributed by atoms with Crippen molar-refractivity contribution in [2.75, 3.05) is 12.4 Å². The quantitative estimate of drug-likeness (QED) is 0.556. The normalized spacial score (nSPS) is 10.9. The fraction of sp³-hybridized carbons (Fsp3) is 0.182. The number of aryl methyl sites for hydroxylation is 1. The van der Waals surface area contributed by atoms with Crippen LogP contribution in [0.15, 0.2) is 60.0 Å². The summed E-state index contributed by atoms with van der Waals surface area (Å²) < 4.78 is 10.9. The summed E-state index contributed by atoms with van der Waals surface area (Å²) >= 11 is 1.60. The average molecular weight is 394 g/mol. The monoisotopic (exact) mass is 394 g/mol. The minimum atomic E-state index is -0.196. The molecule has 0 bridgehead atoms. The molecule has 0 saturated carbocycles. The van der Waals surface area contributed by atoms with Gasteiger partial charge in [-0.1, -0.05) is 24.3 Å². The number of rotatable bonds is 8. The summed E-state index contributed by atoms with van der Waals surface area (Å²) in [5.74, 6) is 0.541. The third kappa shape index (κ3) is 6.04. The summed E-state index contributed by atoms with van der Waals surface area (Å²) in [6, 6.07) is 15.2. The van der Waals surface area contributed by atoms with Gasteiger partial charge in [0, 0.05) is 24.3 Å². The van der Waals surface area contributed by atoms with Crippen LogP contribution in [0.4, 0.5) is 5.69 Å². The van der Waals surface area contributed by atoms with Gasteiger partial charge in [0.1, 0.15) is 12.4 Å². The molecule has 144 valence electrons. The van der Waals surface area contributed by atoms with Crippen LogP contribution in [-0.2, 0) is 22.7 Å². The highest BCUT2D eigenvalue weighted by atomic mass is 32.1. The second-order valence-electron chi connectivity index (χ2n) is 6.18. The van der Waals surface area contributed by atoms with E-state index in [1.165, 1.54) is 6.08 Å². The Hall–Kier alpha value is -2.96. The van der Waals surface area contributed by atoms with Gasteiger partial charge in [0.2, 0.25) is 5.91 Å². The zero-order valence-electron chi connectivity index (χ0n) is 15.8. The van der Waals surface area contributed by atoms with Crippen LogP contribution >= 0.6 is 11.3 Å². The number of carbonyl (C=O) groups is 1. The number of thiazole rings is 1. The van der Waals surface area contributed by atoms with E-state index in [9.17, 15) is 4.79 Å². The van der Waals surface area contributed by atoms with E-state index in [0.29, 0.717) is 13.2 Å². The minimum absolute atomic E-state index is 0.196. The summed E-state index contributed by atoms with van der Waals surface area (Å²) in [5.41, 5.74) is 3.54. The summed E-state index contributed by atoms with van der Waals surface area (Å²) in [7, 11) is 1.64. The third-order valence-electron chi connectivity index (χ3n) is 3.84. The molecule has 0 aliphatic heterocycles. The number of hydrogen-bond donors (Lipinski definition) is 1. The Morgan fingerprint density at radius 2 is 2.04 bits per heavy atom. The van der Waals surface area contributed by atoms with Crippen molar-refractivity contribution in [1.29, 1.82) is 0 Å². The van der Waals surface area contributed by atoms with Crippen molar-refractivity contribution >= 4 is 29.0 Å². The molecule has 0 radical (unpaired) electrons. The Morgan fingerprint density at radius 3 is 2.82 bits per heavy atom. The topological polar surface area (TPSA) is 60.5 Å². The molecule has 0 saturated heterocycles. The Bertz CT molecular complexity index is 966. The number of carbonyl (C=O) groups excluding carboxylic acids is 1. The highest BCUT2D eigenvalue weighted by Gasteiger charge is 2.02. The van der Waals surface area contributed by atoms with Crippen molar-refractivity contribution in [1.82, 2.24) is 4.98 Å². The van der Waals surface area contributed by atoms with E-state index in [0.717, 1.165) is 33.3 Å². The average Bonchev–Trinajstić information content (AvgIpc) is 3.11. The highest BCUT2D eigenvalue weighted by Crippen LogP contribution is 2.17. The van der Waals surface area contributed by atoms with E-state index in [1.807, 2.05) is 60.8 Å². The molecule has 6 heteroatoms. The molecule has 1 amide bonds. The van der Waals surface area contributed by atoms with Crippen LogP contribution in [0.25, 0.3) is 6.08 Å². The number of benzene rings is 2. The van der Waals surface area contributed by atoms with Crippen LogP contribution in [0, 0.1) is 6.92 Å². The standard InChI is InChI=1S/C22H22N2O3S/c1-16-23-20(15-28-16)14-27-21-8-4-5-17(12-21)9-10-22(25)24-19-7-3-6-18(11-19)13-26-2/h3-12,15H,13-14H2,1-2H3,(H,24,25)/b10-9+. The van der Waals surface area contributed by atoms with E-state index >= 15 is 0 Å². The van der Waals surface area contributed by atoms with Crippen molar-refractivity contribution in [2.45, 2.75) is 20.1 Å². The van der Waals surface area contributed by atoms with Crippen molar-refractivity contribution < 1.29 is 14.3 Å². The van der Waals surface area contributed by atoms with E-state index in [2.05, 4.69) is 10.3 Å². The minimum Gasteiger partial charge on any atom is -0.487 e. The Kier molecular flexibility index (Phi) is 6.94. The van der Waals surface area contributed by atoms with Gasteiger partial charge in [0.25, 0.3) is 0 Å². The fourth-order valence-corrected chi connectivity index (χ4v) is 3.20. The second-order valence-corrected chi connectivity index (χ2v) is 7.24. The van der Waals surface area contributed by atoms with Crippen LogP contribution in [0.2, 0.25) is 0 Å². The molecule has 1 N–H and O–H groups in total. The molecule has 3 aromatic rings. The van der Waals surface area contributed by atoms with Crippen molar-refractivity contribution in [2.24, 2.45) is 0 Å². The molecule has 0 aliphatic rings. The molecule has 1 heterocycles. The first-order chi connectivity index (χ1) is 13.6. The van der Waals surface area contributed by atoms with Gasteiger partial charge in [0.15, 0.2) is 0 Å². The number of amides is 1. The van der Waals surface area contributed by atoms with Gasteiger partial charge in [-0.3, -0.25) is 4.79 Å². The molecule has 5 nitrogen and oxygen atoms in total.